The molecule has 0 bridgehead atoms. The summed E-state index contributed by atoms with van der Waals surface area (Å²) in [6.07, 6.45) is 22.4. The lowest BCUT2D eigenvalue weighted by atomic mass is 10.1. The first-order valence-corrected chi connectivity index (χ1v) is 9.83. The maximum atomic E-state index is 2.49. The molecule has 0 aliphatic heterocycles. The van der Waals surface area contributed by atoms with E-state index in [0.717, 1.165) is 0 Å². The van der Waals surface area contributed by atoms with Crippen molar-refractivity contribution in [3.05, 3.63) is 18.2 Å². The van der Waals surface area contributed by atoms with E-state index in [9.17, 15) is 0 Å². The Labute approximate surface area is 138 Å². The summed E-state index contributed by atoms with van der Waals surface area (Å²) in [6, 6.07) is 0. The van der Waals surface area contributed by atoms with E-state index in [4.69, 9.17) is 0 Å². The van der Waals surface area contributed by atoms with Crippen molar-refractivity contribution in [3.63, 3.8) is 0 Å². The third kappa shape index (κ3) is 8.00. The highest BCUT2D eigenvalue weighted by atomic mass is 15.1. The third-order valence-electron chi connectivity index (χ3n) is 4.72. The number of aromatic nitrogens is 2. The largest absolute Gasteiger partial charge is 0.256 e. The van der Waals surface area contributed by atoms with Crippen LogP contribution in [0.25, 0.3) is 0 Å². The molecule has 0 aliphatic rings. The minimum Gasteiger partial charge on any atom is -0.237 e. The van der Waals surface area contributed by atoms with Crippen molar-refractivity contribution in [2.45, 2.75) is 104 Å². The lowest BCUT2D eigenvalue weighted by molar-refractivity contribution is -0.678. The molecule has 0 amide bonds. The van der Waals surface area contributed by atoms with E-state index in [1.807, 2.05) is 0 Å². The van der Waals surface area contributed by atoms with Crippen LogP contribution < -0.4 is 4.57 Å². The second-order valence-corrected chi connectivity index (χ2v) is 6.80. The van der Waals surface area contributed by atoms with E-state index in [2.05, 4.69) is 42.4 Å². The fourth-order valence-electron chi connectivity index (χ4n) is 3.20. The van der Waals surface area contributed by atoms with Crippen molar-refractivity contribution in [3.8, 4) is 0 Å². The molecule has 1 heterocycles. The summed E-state index contributed by atoms with van der Waals surface area (Å²) >= 11 is 0. The van der Waals surface area contributed by atoms with Crippen LogP contribution in [0.15, 0.2) is 12.4 Å². The first-order valence-electron chi connectivity index (χ1n) is 9.83. The van der Waals surface area contributed by atoms with E-state index < -0.39 is 0 Å². The Morgan fingerprint density at radius 3 is 1.95 bits per heavy atom. The van der Waals surface area contributed by atoms with Crippen molar-refractivity contribution in [2.75, 3.05) is 0 Å². The molecule has 2 nitrogen and oxygen atoms in total. The van der Waals surface area contributed by atoms with E-state index in [1.54, 1.807) is 0 Å². The molecule has 1 aromatic heterocycles. The fourth-order valence-corrected chi connectivity index (χ4v) is 3.20. The standard InChI is InChI=1S/C20H39N2/c1-4-6-8-10-12-14-16-20-21(3)18-19-22(20)17-15-13-11-9-7-5-2/h18-19H,4-17H2,1-3H3/q+1. The zero-order valence-electron chi connectivity index (χ0n) is 15.4. The van der Waals surface area contributed by atoms with E-state index >= 15 is 0 Å². The van der Waals surface area contributed by atoms with Gasteiger partial charge in [-0.15, -0.1) is 0 Å². The molecule has 0 fully saturated rings. The Morgan fingerprint density at radius 1 is 0.773 bits per heavy atom. The minimum atomic E-state index is 1.21. The van der Waals surface area contributed by atoms with Gasteiger partial charge in [0.05, 0.1) is 13.6 Å². The Morgan fingerprint density at radius 2 is 1.32 bits per heavy atom. The highest BCUT2D eigenvalue weighted by molar-refractivity contribution is 4.84. The van der Waals surface area contributed by atoms with Crippen LogP contribution in [0.1, 0.15) is 96.7 Å². The fraction of sp³-hybridized carbons (Fsp3) is 0.850. The van der Waals surface area contributed by atoms with Gasteiger partial charge in [-0.25, -0.2) is 9.13 Å². The predicted octanol–water partition coefficient (Wildman–Crippen LogP) is 5.58. The molecule has 0 saturated carbocycles. The van der Waals surface area contributed by atoms with Gasteiger partial charge in [0.15, 0.2) is 0 Å². The Balaban J connectivity index is 2.21. The predicted molar refractivity (Wildman–Crippen MR) is 96.1 cm³/mol. The van der Waals surface area contributed by atoms with Crippen molar-refractivity contribution in [1.29, 1.82) is 0 Å². The van der Waals surface area contributed by atoms with Crippen molar-refractivity contribution < 1.29 is 4.57 Å². The molecule has 0 saturated heterocycles. The average molecular weight is 308 g/mol. The summed E-state index contributed by atoms with van der Waals surface area (Å²) in [5.74, 6) is 1.52. The topological polar surface area (TPSA) is 8.81 Å². The molecule has 0 spiro atoms. The first-order chi connectivity index (χ1) is 10.8. The van der Waals surface area contributed by atoms with Crippen LogP contribution in [0.4, 0.5) is 0 Å². The highest BCUT2D eigenvalue weighted by Crippen LogP contribution is 2.10. The summed E-state index contributed by atoms with van der Waals surface area (Å²) in [5.41, 5.74) is 0. The van der Waals surface area contributed by atoms with E-state index in [-0.39, 0.29) is 0 Å². The van der Waals surface area contributed by atoms with Crippen LogP contribution in [0, 0.1) is 0 Å². The zero-order valence-corrected chi connectivity index (χ0v) is 15.4. The summed E-state index contributed by atoms with van der Waals surface area (Å²) in [6.45, 7) is 5.78. The number of hydrogen-bond acceptors (Lipinski definition) is 0. The molecular formula is C20H39N2+. The summed E-state index contributed by atoms with van der Waals surface area (Å²) in [5, 5.41) is 0. The minimum absolute atomic E-state index is 1.21. The number of unbranched alkanes of at least 4 members (excludes halogenated alkanes) is 10. The number of aryl methyl sites for hydroxylation is 2. The molecule has 0 radical (unpaired) electrons. The molecule has 2 heteroatoms. The second-order valence-electron chi connectivity index (χ2n) is 6.80. The smallest absolute Gasteiger partial charge is 0.237 e. The normalized spacial score (nSPS) is 11.2. The van der Waals surface area contributed by atoms with Gasteiger partial charge in [0.2, 0.25) is 0 Å². The quantitative estimate of drug-likeness (QED) is 0.313. The van der Waals surface area contributed by atoms with Crippen molar-refractivity contribution >= 4 is 0 Å². The SMILES string of the molecule is CCCCCCCCc1n(CCCCCCCC)cc[n+]1C. The van der Waals surface area contributed by atoms with E-state index in [1.165, 1.54) is 95.8 Å². The van der Waals surface area contributed by atoms with Gasteiger partial charge in [-0.2, -0.15) is 0 Å². The van der Waals surface area contributed by atoms with Crippen LogP contribution >= 0.6 is 0 Å². The number of imidazole rings is 1. The number of hydrogen-bond donors (Lipinski definition) is 0. The van der Waals surface area contributed by atoms with Gasteiger partial charge in [-0.3, -0.25) is 0 Å². The molecule has 0 atom stereocenters. The van der Waals surface area contributed by atoms with Crippen LogP contribution in [-0.4, -0.2) is 4.57 Å². The molecular weight excluding hydrogens is 268 g/mol. The van der Waals surface area contributed by atoms with Crippen molar-refractivity contribution in [2.24, 2.45) is 7.05 Å². The van der Waals surface area contributed by atoms with Gasteiger partial charge in [-0.05, 0) is 19.3 Å². The summed E-state index contributed by atoms with van der Waals surface area (Å²) in [7, 11) is 2.20. The molecule has 128 valence electrons. The number of nitrogens with zero attached hydrogens (tertiary/aromatic N) is 2. The van der Waals surface area contributed by atoms with Gasteiger partial charge in [0.1, 0.15) is 12.4 Å². The maximum Gasteiger partial charge on any atom is 0.256 e. The van der Waals surface area contributed by atoms with Gasteiger partial charge in [-0.1, -0.05) is 71.6 Å². The molecule has 0 N–H and O–H groups in total. The first kappa shape index (κ1) is 19.3. The van der Waals surface area contributed by atoms with Gasteiger partial charge < -0.3 is 0 Å². The number of rotatable bonds is 14. The molecule has 0 aromatic carbocycles. The molecule has 1 aromatic rings. The second kappa shape index (κ2) is 12.7. The van der Waals surface area contributed by atoms with Crippen LogP contribution in [0.2, 0.25) is 0 Å². The highest BCUT2D eigenvalue weighted by Gasteiger charge is 2.13. The zero-order chi connectivity index (χ0) is 16.0. The van der Waals surface area contributed by atoms with Gasteiger partial charge in [0.25, 0.3) is 5.82 Å². The lowest BCUT2D eigenvalue weighted by Gasteiger charge is -2.04. The maximum absolute atomic E-state index is 2.49. The summed E-state index contributed by atoms with van der Waals surface area (Å²) < 4.78 is 4.81. The molecule has 22 heavy (non-hydrogen) atoms. The Kier molecular flexibility index (Phi) is 11.1. The Hall–Kier alpha value is -0.790. The third-order valence-corrected chi connectivity index (χ3v) is 4.72. The molecule has 1 rings (SSSR count). The monoisotopic (exact) mass is 307 g/mol. The summed E-state index contributed by atoms with van der Waals surface area (Å²) in [4.78, 5) is 0. The van der Waals surface area contributed by atoms with E-state index in [0.29, 0.717) is 0 Å². The molecule has 0 aliphatic carbocycles. The average Bonchev–Trinajstić information content (AvgIpc) is 2.87. The molecule has 0 unspecified atom stereocenters. The lowest BCUT2D eigenvalue weighted by Crippen LogP contribution is -2.32. The van der Waals surface area contributed by atoms with Crippen LogP contribution in [-0.2, 0) is 20.0 Å². The van der Waals surface area contributed by atoms with Crippen LogP contribution in [0.3, 0.4) is 0 Å². The van der Waals surface area contributed by atoms with Crippen LogP contribution in [0.5, 0.6) is 0 Å². The van der Waals surface area contributed by atoms with Gasteiger partial charge >= 0.3 is 0 Å². The Bertz CT molecular complexity index is 368. The van der Waals surface area contributed by atoms with Crippen molar-refractivity contribution in [1.82, 2.24) is 4.57 Å². The van der Waals surface area contributed by atoms with Gasteiger partial charge in [0, 0.05) is 6.42 Å².